The van der Waals surface area contributed by atoms with Crippen LogP contribution < -0.4 is 5.56 Å². The summed E-state index contributed by atoms with van der Waals surface area (Å²) in [5, 5.41) is 12.1. The van der Waals surface area contributed by atoms with E-state index in [4.69, 9.17) is 5.11 Å². The second-order valence-electron chi connectivity index (χ2n) is 5.21. The molecule has 0 bridgehead atoms. The Hall–Kier alpha value is -2.89. The Labute approximate surface area is 126 Å². The minimum Gasteiger partial charge on any atom is -0.481 e. The summed E-state index contributed by atoms with van der Waals surface area (Å²) in [6.07, 6.45) is 0. The highest BCUT2D eigenvalue weighted by Crippen LogP contribution is 2.20. The molecule has 1 aromatic carbocycles. The van der Waals surface area contributed by atoms with Crippen molar-refractivity contribution in [2.45, 2.75) is 19.8 Å². The molecule has 2 aromatic heterocycles. The van der Waals surface area contributed by atoms with Gasteiger partial charge in [-0.15, -0.1) is 0 Å². The molecule has 1 unspecified atom stereocenters. The maximum Gasteiger partial charge on any atom is 0.310 e. The Kier molecular flexibility index (Phi) is 3.29. The van der Waals surface area contributed by atoms with Crippen molar-refractivity contribution in [3.8, 4) is 11.3 Å². The number of aromatic nitrogens is 3. The third-order valence-corrected chi connectivity index (χ3v) is 3.73. The van der Waals surface area contributed by atoms with Crippen molar-refractivity contribution in [1.29, 1.82) is 0 Å². The van der Waals surface area contributed by atoms with Crippen molar-refractivity contribution in [3.63, 3.8) is 0 Å². The van der Waals surface area contributed by atoms with Crippen molar-refractivity contribution >= 4 is 11.6 Å². The Morgan fingerprint density at radius 2 is 2.00 bits per heavy atom. The summed E-state index contributed by atoms with van der Waals surface area (Å²) in [5.74, 6) is -1.95. The molecule has 0 aliphatic heterocycles. The summed E-state index contributed by atoms with van der Waals surface area (Å²) in [4.78, 5) is 28.1. The van der Waals surface area contributed by atoms with Gasteiger partial charge in [-0.1, -0.05) is 30.3 Å². The number of fused-ring (bicyclic) bond motifs is 1. The number of hydrogen-bond donors (Lipinski definition) is 2. The molecule has 0 saturated carbocycles. The van der Waals surface area contributed by atoms with Crippen molar-refractivity contribution in [1.82, 2.24) is 14.6 Å². The van der Waals surface area contributed by atoms with Crippen molar-refractivity contribution in [2.75, 3.05) is 0 Å². The molecule has 1 atom stereocenters. The molecule has 6 nitrogen and oxygen atoms in total. The summed E-state index contributed by atoms with van der Waals surface area (Å²) < 4.78 is 1.30. The first-order chi connectivity index (χ1) is 10.5. The molecular weight excluding hydrogens is 282 g/mol. The van der Waals surface area contributed by atoms with Crippen LogP contribution in [0, 0.1) is 6.92 Å². The SMILES string of the molecule is Cc1nc2cc(-c3ccccc3)[nH]n2c(=O)c1C(C)C(=O)O. The summed E-state index contributed by atoms with van der Waals surface area (Å²) >= 11 is 0. The molecule has 112 valence electrons. The predicted octanol–water partition coefficient (Wildman–Crippen LogP) is 2.19. The molecule has 0 amide bonds. The Morgan fingerprint density at radius 3 is 2.64 bits per heavy atom. The highest BCUT2D eigenvalue weighted by Gasteiger charge is 2.22. The topological polar surface area (TPSA) is 87.5 Å². The number of nitrogens with one attached hydrogen (secondary N) is 1. The minimum atomic E-state index is -1.04. The van der Waals surface area contributed by atoms with Crippen LogP contribution in [0.1, 0.15) is 24.1 Å². The van der Waals surface area contributed by atoms with E-state index in [0.29, 0.717) is 11.3 Å². The van der Waals surface area contributed by atoms with Gasteiger partial charge in [-0.25, -0.2) is 9.50 Å². The average molecular weight is 297 g/mol. The summed E-state index contributed by atoms with van der Waals surface area (Å²) in [5.41, 5.74) is 2.43. The molecule has 0 radical (unpaired) electrons. The van der Waals surface area contributed by atoms with Crippen LogP contribution in [0.15, 0.2) is 41.2 Å². The van der Waals surface area contributed by atoms with Crippen LogP contribution in [-0.2, 0) is 4.79 Å². The van der Waals surface area contributed by atoms with Crippen LogP contribution >= 0.6 is 0 Å². The molecule has 3 rings (SSSR count). The number of carbonyl (C=O) groups is 1. The van der Waals surface area contributed by atoms with Crippen LogP contribution in [0.3, 0.4) is 0 Å². The van der Waals surface area contributed by atoms with E-state index < -0.39 is 11.9 Å². The van der Waals surface area contributed by atoms with Crippen LogP contribution in [0.25, 0.3) is 16.9 Å². The minimum absolute atomic E-state index is 0.200. The molecule has 0 fully saturated rings. The molecule has 0 aliphatic rings. The zero-order valence-electron chi connectivity index (χ0n) is 12.2. The smallest absolute Gasteiger partial charge is 0.310 e. The summed E-state index contributed by atoms with van der Waals surface area (Å²) in [7, 11) is 0. The molecule has 2 N–H and O–H groups in total. The van der Waals surface area contributed by atoms with Gasteiger partial charge < -0.3 is 5.11 Å². The molecule has 2 heterocycles. The monoisotopic (exact) mass is 297 g/mol. The molecule has 22 heavy (non-hydrogen) atoms. The fourth-order valence-electron chi connectivity index (χ4n) is 2.54. The zero-order chi connectivity index (χ0) is 15.9. The Balaban J connectivity index is 2.24. The molecule has 3 aromatic rings. The van der Waals surface area contributed by atoms with Gasteiger partial charge >= 0.3 is 5.97 Å². The number of aliphatic carboxylic acids is 1. The van der Waals surface area contributed by atoms with Crippen LogP contribution in [0.2, 0.25) is 0 Å². The van der Waals surface area contributed by atoms with Gasteiger partial charge in [0.2, 0.25) is 0 Å². The lowest BCUT2D eigenvalue weighted by Gasteiger charge is -2.08. The summed E-state index contributed by atoms with van der Waals surface area (Å²) in [6, 6.07) is 11.3. The largest absolute Gasteiger partial charge is 0.481 e. The fourth-order valence-corrected chi connectivity index (χ4v) is 2.54. The maximum absolute atomic E-state index is 12.6. The standard InChI is InChI=1S/C16H15N3O3/c1-9(16(21)22)14-10(2)17-13-8-12(18-19(13)15(14)20)11-6-4-3-5-7-11/h3-9,18H,1-2H3,(H,21,22). The first kappa shape index (κ1) is 14.1. The van der Waals surface area contributed by atoms with E-state index in [1.807, 2.05) is 30.3 Å². The molecule has 0 saturated heterocycles. The van der Waals surface area contributed by atoms with Gasteiger partial charge in [-0.3, -0.25) is 14.7 Å². The van der Waals surface area contributed by atoms with E-state index in [0.717, 1.165) is 11.3 Å². The van der Waals surface area contributed by atoms with Crippen molar-refractivity contribution in [2.24, 2.45) is 0 Å². The van der Waals surface area contributed by atoms with Crippen molar-refractivity contribution < 1.29 is 9.90 Å². The van der Waals surface area contributed by atoms with E-state index in [-0.39, 0.29) is 11.1 Å². The van der Waals surface area contributed by atoms with Gasteiger partial charge in [0, 0.05) is 11.8 Å². The lowest BCUT2D eigenvalue weighted by molar-refractivity contribution is -0.138. The van der Waals surface area contributed by atoms with Crippen LogP contribution in [0.4, 0.5) is 0 Å². The normalized spacial score (nSPS) is 12.5. The number of nitrogens with zero attached hydrogens (tertiary/aromatic N) is 2. The van der Waals surface area contributed by atoms with Gasteiger partial charge in [-0.05, 0) is 19.4 Å². The third-order valence-electron chi connectivity index (χ3n) is 3.73. The number of hydrogen-bond acceptors (Lipinski definition) is 3. The number of carboxylic acid groups (broad SMARTS) is 1. The van der Waals surface area contributed by atoms with Crippen molar-refractivity contribution in [3.05, 3.63) is 58.0 Å². The quantitative estimate of drug-likeness (QED) is 0.775. The number of carboxylic acids is 1. The molecule has 0 aliphatic carbocycles. The van der Waals surface area contributed by atoms with E-state index in [9.17, 15) is 9.59 Å². The first-order valence-corrected chi connectivity index (χ1v) is 6.89. The van der Waals surface area contributed by atoms with Gasteiger partial charge in [-0.2, -0.15) is 0 Å². The zero-order valence-corrected chi connectivity index (χ0v) is 12.2. The first-order valence-electron chi connectivity index (χ1n) is 6.89. The van der Waals surface area contributed by atoms with E-state index in [1.54, 1.807) is 13.0 Å². The lowest BCUT2D eigenvalue weighted by Crippen LogP contribution is -2.26. The highest BCUT2D eigenvalue weighted by atomic mass is 16.4. The second-order valence-corrected chi connectivity index (χ2v) is 5.21. The van der Waals surface area contributed by atoms with Gasteiger partial charge in [0.25, 0.3) is 5.56 Å². The third kappa shape index (κ3) is 2.18. The van der Waals surface area contributed by atoms with Crippen LogP contribution in [0.5, 0.6) is 0 Å². The Bertz CT molecular complexity index is 910. The van der Waals surface area contributed by atoms with Gasteiger partial charge in [0.1, 0.15) is 0 Å². The highest BCUT2D eigenvalue weighted by molar-refractivity contribution is 5.76. The Morgan fingerprint density at radius 1 is 1.32 bits per heavy atom. The van der Waals surface area contributed by atoms with E-state index in [1.165, 1.54) is 11.4 Å². The maximum atomic E-state index is 12.6. The number of benzene rings is 1. The van der Waals surface area contributed by atoms with E-state index in [2.05, 4.69) is 10.1 Å². The van der Waals surface area contributed by atoms with Crippen LogP contribution in [-0.4, -0.2) is 25.7 Å². The average Bonchev–Trinajstić information content (AvgIpc) is 2.92. The molecule has 0 spiro atoms. The summed E-state index contributed by atoms with van der Waals surface area (Å²) in [6.45, 7) is 3.15. The fraction of sp³-hybridized carbons (Fsp3) is 0.188. The number of aryl methyl sites for hydroxylation is 1. The predicted molar refractivity (Wildman–Crippen MR) is 82.0 cm³/mol. The second kappa shape index (κ2) is 5.14. The number of aromatic amines is 1. The van der Waals surface area contributed by atoms with Gasteiger partial charge in [0.15, 0.2) is 5.65 Å². The van der Waals surface area contributed by atoms with E-state index >= 15 is 0 Å². The number of rotatable bonds is 3. The molecular formula is C16H15N3O3. The molecule has 6 heteroatoms. The lowest BCUT2D eigenvalue weighted by atomic mass is 10.0. The number of H-pyrrole nitrogens is 1. The van der Waals surface area contributed by atoms with Gasteiger partial charge in [0.05, 0.1) is 17.2 Å².